The van der Waals surface area contributed by atoms with Crippen LogP contribution in [0.5, 0.6) is 0 Å². The summed E-state index contributed by atoms with van der Waals surface area (Å²) in [7, 11) is -2.66. The standard InChI is InChI=1S/C21H25F2N3O4S/c1-21(2,3)30-20(27)24(4)12-7-13-25-19-17(23)10-6-11-18(19)26(31(25,28)29)16-9-5-8-15(22)14-16/h5-6,8-11,14H,7,12-13H2,1-4H3. The minimum atomic E-state index is -4.20. The number of hydrogen-bond acceptors (Lipinski definition) is 4. The second-order valence-electron chi connectivity index (χ2n) is 8.19. The lowest BCUT2D eigenvalue weighted by molar-refractivity contribution is 0.0298. The molecule has 0 radical (unpaired) electrons. The lowest BCUT2D eigenvalue weighted by Crippen LogP contribution is -2.39. The molecule has 31 heavy (non-hydrogen) atoms. The zero-order valence-corrected chi connectivity index (χ0v) is 18.6. The Morgan fingerprint density at radius 1 is 1.13 bits per heavy atom. The van der Waals surface area contributed by atoms with Crippen LogP contribution in [0.15, 0.2) is 42.5 Å². The molecule has 0 aromatic heterocycles. The molecule has 7 nitrogen and oxygen atoms in total. The predicted molar refractivity (Wildman–Crippen MR) is 115 cm³/mol. The fourth-order valence-corrected chi connectivity index (χ4v) is 4.98. The van der Waals surface area contributed by atoms with E-state index in [1.807, 2.05) is 0 Å². The third kappa shape index (κ3) is 4.73. The van der Waals surface area contributed by atoms with Gasteiger partial charge in [0.25, 0.3) is 0 Å². The summed E-state index contributed by atoms with van der Waals surface area (Å²) in [6.45, 7) is 5.36. The summed E-state index contributed by atoms with van der Waals surface area (Å²) in [5.74, 6) is -1.32. The Balaban J connectivity index is 1.84. The van der Waals surface area contributed by atoms with E-state index in [0.29, 0.717) is 0 Å². The van der Waals surface area contributed by atoms with Crippen molar-refractivity contribution in [2.75, 3.05) is 28.7 Å². The van der Waals surface area contributed by atoms with E-state index in [9.17, 15) is 22.0 Å². The van der Waals surface area contributed by atoms with Gasteiger partial charge in [0, 0.05) is 20.1 Å². The Kier molecular flexibility index (Phi) is 6.13. The maximum Gasteiger partial charge on any atom is 0.410 e. The number of carbonyl (C=O) groups excluding carboxylic acids is 1. The number of anilines is 3. The van der Waals surface area contributed by atoms with E-state index in [1.165, 1.54) is 41.3 Å². The molecule has 0 saturated heterocycles. The van der Waals surface area contributed by atoms with Gasteiger partial charge in [0.2, 0.25) is 0 Å². The van der Waals surface area contributed by atoms with Crippen LogP contribution < -0.4 is 8.61 Å². The highest BCUT2D eigenvalue weighted by molar-refractivity contribution is 7.95. The number of hydrogen-bond donors (Lipinski definition) is 0. The van der Waals surface area contributed by atoms with Crippen LogP contribution in [0, 0.1) is 11.6 Å². The lowest BCUT2D eigenvalue weighted by atomic mass is 10.2. The van der Waals surface area contributed by atoms with Gasteiger partial charge < -0.3 is 9.64 Å². The van der Waals surface area contributed by atoms with E-state index in [2.05, 4.69) is 0 Å². The molecule has 2 aromatic carbocycles. The molecule has 0 atom stereocenters. The highest BCUT2D eigenvalue weighted by atomic mass is 32.2. The maximum absolute atomic E-state index is 14.7. The summed E-state index contributed by atoms with van der Waals surface area (Å²) in [6, 6.07) is 9.13. The van der Waals surface area contributed by atoms with Gasteiger partial charge in [0.05, 0.1) is 11.4 Å². The van der Waals surface area contributed by atoms with Gasteiger partial charge in [-0.3, -0.25) is 0 Å². The number of rotatable bonds is 5. The monoisotopic (exact) mass is 453 g/mol. The van der Waals surface area contributed by atoms with Crippen LogP contribution >= 0.6 is 0 Å². The molecule has 3 rings (SSSR count). The van der Waals surface area contributed by atoms with Crippen molar-refractivity contribution in [3.63, 3.8) is 0 Å². The summed E-state index contributed by atoms with van der Waals surface area (Å²) in [5, 5.41) is 0. The predicted octanol–water partition coefficient (Wildman–Crippen LogP) is 4.42. The molecule has 0 fully saturated rings. The van der Waals surface area contributed by atoms with Crippen LogP contribution in [0.3, 0.4) is 0 Å². The quantitative estimate of drug-likeness (QED) is 0.672. The van der Waals surface area contributed by atoms with E-state index in [-0.39, 0.29) is 36.6 Å². The highest BCUT2D eigenvalue weighted by Gasteiger charge is 2.43. The molecule has 1 heterocycles. The van der Waals surface area contributed by atoms with Crippen LogP contribution in [0.4, 0.5) is 30.6 Å². The Morgan fingerprint density at radius 2 is 1.81 bits per heavy atom. The molecule has 0 spiro atoms. The first-order valence-electron chi connectivity index (χ1n) is 9.73. The zero-order chi connectivity index (χ0) is 23.0. The van der Waals surface area contributed by atoms with Crippen molar-refractivity contribution in [3.05, 3.63) is 54.1 Å². The Hall–Kier alpha value is -2.88. The van der Waals surface area contributed by atoms with Crippen molar-refractivity contribution in [2.24, 2.45) is 0 Å². The molecule has 0 unspecified atom stereocenters. The Bertz CT molecular complexity index is 1090. The second kappa shape index (κ2) is 8.33. The molecule has 0 bridgehead atoms. The molecular formula is C21H25F2N3O4S. The average Bonchev–Trinajstić information content (AvgIpc) is 2.87. The first-order valence-corrected chi connectivity index (χ1v) is 11.1. The number of nitrogens with zero attached hydrogens (tertiary/aromatic N) is 3. The van der Waals surface area contributed by atoms with Gasteiger partial charge in [0.15, 0.2) is 0 Å². The van der Waals surface area contributed by atoms with E-state index >= 15 is 0 Å². The van der Waals surface area contributed by atoms with Gasteiger partial charge in [-0.05, 0) is 57.5 Å². The molecule has 0 saturated carbocycles. The van der Waals surface area contributed by atoms with Crippen molar-refractivity contribution < 1.29 is 26.7 Å². The maximum atomic E-state index is 14.7. The van der Waals surface area contributed by atoms with Gasteiger partial charge in [0.1, 0.15) is 22.9 Å². The molecule has 1 aliphatic rings. The first kappa shape index (κ1) is 22.8. The van der Waals surface area contributed by atoms with Crippen LogP contribution in [-0.4, -0.2) is 45.1 Å². The van der Waals surface area contributed by atoms with Crippen LogP contribution in [0.25, 0.3) is 0 Å². The van der Waals surface area contributed by atoms with Crippen molar-refractivity contribution >= 4 is 33.4 Å². The van der Waals surface area contributed by atoms with E-state index in [0.717, 1.165) is 14.7 Å². The fraction of sp³-hybridized carbons (Fsp3) is 0.381. The zero-order valence-electron chi connectivity index (χ0n) is 17.8. The van der Waals surface area contributed by atoms with Crippen molar-refractivity contribution in [3.8, 4) is 0 Å². The van der Waals surface area contributed by atoms with E-state index in [1.54, 1.807) is 27.8 Å². The minimum absolute atomic E-state index is 0.0697. The number of carbonyl (C=O) groups is 1. The van der Waals surface area contributed by atoms with Gasteiger partial charge in [-0.15, -0.1) is 0 Å². The van der Waals surface area contributed by atoms with E-state index in [4.69, 9.17) is 4.74 Å². The summed E-state index contributed by atoms with van der Waals surface area (Å²) >= 11 is 0. The molecule has 0 aliphatic carbocycles. The minimum Gasteiger partial charge on any atom is -0.444 e. The summed E-state index contributed by atoms with van der Waals surface area (Å²) in [4.78, 5) is 13.4. The SMILES string of the molecule is CN(CCCN1c2c(F)cccc2N(c2cccc(F)c2)S1(=O)=O)C(=O)OC(C)(C)C. The normalized spacial score (nSPS) is 15.0. The van der Waals surface area contributed by atoms with Crippen molar-refractivity contribution in [1.82, 2.24) is 4.90 Å². The van der Waals surface area contributed by atoms with Gasteiger partial charge in [-0.2, -0.15) is 8.42 Å². The molecule has 1 aliphatic heterocycles. The first-order chi connectivity index (χ1) is 14.4. The van der Waals surface area contributed by atoms with Crippen LogP contribution in [0.1, 0.15) is 27.2 Å². The third-order valence-electron chi connectivity index (χ3n) is 4.55. The molecule has 1 amide bonds. The van der Waals surface area contributed by atoms with Crippen LogP contribution in [0.2, 0.25) is 0 Å². The highest BCUT2D eigenvalue weighted by Crippen LogP contribution is 2.46. The van der Waals surface area contributed by atoms with Crippen LogP contribution in [-0.2, 0) is 14.9 Å². The Morgan fingerprint density at radius 3 is 2.45 bits per heavy atom. The van der Waals surface area contributed by atoms with Gasteiger partial charge >= 0.3 is 16.3 Å². The molecule has 0 N–H and O–H groups in total. The smallest absolute Gasteiger partial charge is 0.410 e. The molecule has 168 valence electrons. The topological polar surface area (TPSA) is 70.2 Å². The lowest BCUT2D eigenvalue weighted by Gasteiger charge is -2.26. The summed E-state index contributed by atoms with van der Waals surface area (Å²) in [6.07, 6.45) is -0.301. The van der Waals surface area contributed by atoms with Gasteiger partial charge in [-0.25, -0.2) is 22.2 Å². The number of fused-ring (bicyclic) bond motifs is 1. The average molecular weight is 454 g/mol. The van der Waals surface area contributed by atoms with Crippen molar-refractivity contribution in [1.29, 1.82) is 0 Å². The number of ether oxygens (including phenoxy) is 1. The van der Waals surface area contributed by atoms with E-state index < -0.39 is 33.5 Å². The number of para-hydroxylation sites is 1. The number of halogens is 2. The fourth-order valence-electron chi connectivity index (χ4n) is 3.24. The third-order valence-corrected chi connectivity index (χ3v) is 6.34. The second-order valence-corrected chi connectivity index (χ2v) is 9.89. The largest absolute Gasteiger partial charge is 0.444 e. The number of amides is 1. The Labute approximate surface area is 181 Å². The molecule has 10 heteroatoms. The number of benzene rings is 2. The summed E-state index contributed by atoms with van der Waals surface area (Å²) < 4.78 is 62.1. The van der Waals surface area contributed by atoms with Gasteiger partial charge in [-0.1, -0.05) is 12.1 Å². The summed E-state index contributed by atoms with van der Waals surface area (Å²) in [5.41, 5.74) is -0.588. The van der Waals surface area contributed by atoms with Crippen molar-refractivity contribution in [2.45, 2.75) is 32.8 Å². The molecular weight excluding hydrogens is 428 g/mol. The molecule has 2 aromatic rings.